The molecule has 16 nitrogen and oxygen atoms in total. The molecule has 0 amide bonds. The Morgan fingerprint density at radius 1 is 0.588 bits per heavy atom. The number of hydrogen-bond acceptors (Lipinski definition) is 14. The molecule has 22 heteroatoms. The van der Waals surface area contributed by atoms with Gasteiger partial charge in [0.2, 0.25) is 0 Å². The molecule has 6 aromatic rings. The molecular weight excluding hydrogens is 1000 g/mol. The summed E-state index contributed by atoms with van der Waals surface area (Å²) in [4.78, 5) is 7.64. The number of aromatic nitrogens is 6. The van der Waals surface area contributed by atoms with Crippen molar-refractivity contribution in [3.8, 4) is 0 Å². The van der Waals surface area contributed by atoms with Crippen LogP contribution in [0.2, 0.25) is 20.1 Å². The van der Waals surface area contributed by atoms with Crippen LogP contribution in [0.15, 0.2) is 108 Å². The van der Waals surface area contributed by atoms with Crippen molar-refractivity contribution in [2.45, 2.75) is 100 Å². The Labute approximate surface area is 415 Å². The molecule has 0 radical (unpaired) electrons. The van der Waals surface area contributed by atoms with Gasteiger partial charge in [0.25, 0.3) is 20.2 Å². The van der Waals surface area contributed by atoms with E-state index in [2.05, 4.69) is 20.2 Å². The number of nitrogens with zero attached hydrogens (tertiary/aromatic N) is 6. The van der Waals surface area contributed by atoms with Crippen molar-refractivity contribution < 1.29 is 44.1 Å². The van der Waals surface area contributed by atoms with E-state index in [0.717, 1.165) is 0 Å². The maximum atomic E-state index is 15.3. The maximum absolute atomic E-state index is 15.3. The van der Waals surface area contributed by atoms with Crippen LogP contribution in [0.5, 0.6) is 0 Å². The van der Waals surface area contributed by atoms with Crippen LogP contribution in [-0.4, -0.2) is 96.6 Å². The van der Waals surface area contributed by atoms with Crippen molar-refractivity contribution in [2.75, 3.05) is 26.4 Å². The number of benzene rings is 4. The van der Waals surface area contributed by atoms with E-state index in [9.17, 15) is 0 Å². The van der Waals surface area contributed by atoms with Crippen molar-refractivity contribution in [1.82, 2.24) is 29.5 Å². The highest BCUT2D eigenvalue weighted by Gasteiger charge is 2.57. The molecule has 0 bridgehead atoms. The van der Waals surface area contributed by atoms with Gasteiger partial charge in [-0.15, -0.1) is 0 Å². The first kappa shape index (κ1) is 50.6. The van der Waals surface area contributed by atoms with Gasteiger partial charge in [-0.2, -0.15) is 27.0 Å². The van der Waals surface area contributed by atoms with Crippen LogP contribution in [0.25, 0.3) is 10.8 Å². The standard InChI is InChI=1S/C46H50Cl4N6O10S2/c1-43(2,41-61-19-20-62-41)45(25-55-29-51-27-53-55,17-15-31-11-13-33(47)23-37(31)49)65-67(57,58)39-9-5-8-36-35(39)7-6-10-40(36)68(59,60)66-46(26-56-30-52-28-54-56,44(3,4)42-63-21-22-64-42)18-16-32-12-14-34(48)24-38(32)50/h5-14,23-24,27-30,41-42H,15-22,25-26H2,1-4H3. The molecule has 0 aliphatic carbocycles. The summed E-state index contributed by atoms with van der Waals surface area (Å²) in [6.07, 6.45) is 4.37. The van der Waals surface area contributed by atoms with Gasteiger partial charge in [0, 0.05) is 41.7 Å². The average molecular weight is 1050 g/mol. The molecule has 2 aromatic heterocycles. The van der Waals surface area contributed by atoms with Gasteiger partial charge in [-0.3, -0.25) is 8.37 Å². The zero-order valence-electron chi connectivity index (χ0n) is 37.6. The fourth-order valence-electron chi connectivity index (χ4n) is 9.01. The summed E-state index contributed by atoms with van der Waals surface area (Å²) in [5.41, 5.74) is -4.36. The van der Waals surface area contributed by atoms with E-state index in [0.29, 0.717) is 31.2 Å². The largest absolute Gasteiger partial charge is 0.350 e. The summed E-state index contributed by atoms with van der Waals surface area (Å²) in [7, 11) is -9.66. The molecule has 0 saturated carbocycles. The van der Waals surface area contributed by atoms with Crippen molar-refractivity contribution in [1.29, 1.82) is 0 Å². The number of fused-ring (bicyclic) bond motifs is 1. The zero-order valence-corrected chi connectivity index (χ0v) is 42.2. The van der Waals surface area contributed by atoms with Crippen LogP contribution in [0, 0.1) is 10.8 Å². The van der Waals surface area contributed by atoms with Crippen LogP contribution in [0.3, 0.4) is 0 Å². The average Bonchev–Trinajstić information content (AvgIpc) is 4.15. The molecule has 8 rings (SSSR count). The lowest BCUT2D eigenvalue weighted by molar-refractivity contribution is -0.197. The zero-order chi connectivity index (χ0) is 48.5. The van der Waals surface area contributed by atoms with Gasteiger partial charge in [-0.05, 0) is 73.2 Å². The quantitative estimate of drug-likeness (QED) is 0.0660. The molecular formula is C46H50Cl4N6O10S2. The van der Waals surface area contributed by atoms with Crippen molar-refractivity contribution in [3.63, 3.8) is 0 Å². The van der Waals surface area contributed by atoms with E-state index in [1.54, 1.807) is 64.1 Å². The Kier molecular flexibility index (Phi) is 15.0. The lowest BCUT2D eigenvalue weighted by atomic mass is 9.71. The fraction of sp³-hybridized carbons (Fsp3) is 0.435. The predicted molar refractivity (Wildman–Crippen MR) is 255 cm³/mol. The lowest BCUT2D eigenvalue weighted by Gasteiger charge is -2.47. The van der Waals surface area contributed by atoms with E-state index >= 15 is 16.8 Å². The third-order valence-corrected chi connectivity index (χ3v) is 17.1. The topological polar surface area (TPSA) is 185 Å². The Morgan fingerprint density at radius 3 is 1.31 bits per heavy atom. The highest BCUT2D eigenvalue weighted by atomic mass is 35.5. The number of aryl methyl sites for hydroxylation is 2. The number of ether oxygens (including phenoxy) is 4. The molecule has 4 heterocycles. The molecule has 68 heavy (non-hydrogen) atoms. The number of rotatable bonds is 20. The molecule has 0 spiro atoms. The molecule has 2 unspecified atom stereocenters. The van der Waals surface area contributed by atoms with Crippen molar-refractivity contribution in [2.24, 2.45) is 10.8 Å². The second kappa shape index (κ2) is 20.2. The predicted octanol–water partition coefficient (Wildman–Crippen LogP) is 8.99. The molecule has 0 N–H and O–H groups in total. The minimum absolute atomic E-state index is 0.0512. The first-order valence-electron chi connectivity index (χ1n) is 21.7. The third kappa shape index (κ3) is 10.3. The van der Waals surface area contributed by atoms with Gasteiger partial charge in [0.05, 0.1) is 39.5 Å². The number of halogens is 4. The summed E-state index contributed by atoms with van der Waals surface area (Å²) in [5.74, 6) is 0. The molecule has 2 aliphatic heterocycles. The smallest absolute Gasteiger partial charge is 0.298 e. The van der Waals surface area contributed by atoms with Gasteiger partial charge in [0.15, 0.2) is 12.6 Å². The summed E-state index contributed by atoms with van der Waals surface area (Å²) < 4.78 is 101. The van der Waals surface area contributed by atoms with Crippen LogP contribution in [0.1, 0.15) is 51.7 Å². The fourth-order valence-corrected chi connectivity index (χ4v) is 13.1. The summed E-state index contributed by atoms with van der Waals surface area (Å²) in [6.45, 7) is 8.09. The van der Waals surface area contributed by atoms with Crippen LogP contribution >= 0.6 is 46.4 Å². The normalized spacial score (nSPS) is 17.5. The molecule has 2 atom stereocenters. The SMILES string of the molecule is CC(C)(C1OCCO1)C(CCc1ccc(Cl)cc1Cl)(Cn1cncn1)OS(=O)(=O)c1cccc2c(S(=O)(=O)OC(CCc3ccc(Cl)cc3Cl)(Cn3cncn3)C(C)(C)C3OCCO3)cccc12. The van der Waals surface area contributed by atoms with E-state index in [4.69, 9.17) is 73.7 Å². The van der Waals surface area contributed by atoms with Crippen LogP contribution < -0.4 is 0 Å². The molecule has 2 aliphatic rings. The van der Waals surface area contributed by atoms with Crippen molar-refractivity contribution >= 4 is 77.4 Å². The van der Waals surface area contributed by atoms with E-state index in [-0.39, 0.29) is 85.8 Å². The molecule has 364 valence electrons. The number of hydrogen-bond donors (Lipinski definition) is 0. The molecule has 4 aromatic carbocycles. The van der Waals surface area contributed by atoms with E-state index in [1.807, 2.05) is 0 Å². The van der Waals surface area contributed by atoms with Gasteiger partial charge in [-0.25, -0.2) is 19.3 Å². The molecule has 2 fully saturated rings. The van der Waals surface area contributed by atoms with Crippen molar-refractivity contribution in [3.05, 3.63) is 129 Å². The second-order valence-electron chi connectivity index (χ2n) is 17.9. The summed E-state index contributed by atoms with van der Waals surface area (Å²) >= 11 is 25.8. The highest BCUT2D eigenvalue weighted by Crippen LogP contribution is 2.49. The summed E-state index contributed by atoms with van der Waals surface area (Å²) in [6, 6.07) is 18.8. The van der Waals surface area contributed by atoms with Gasteiger partial charge in [-0.1, -0.05) is 110 Å². The van der Waals surface area contributed by atoms with Crippen LogP contribution in [-0.2, 0) is 73.5 Å². The van der Waals surface area contributed by atoms with Crippen LogP contribution in [0.4, 0.5) is 0 Å². The first-order chi connectivity index (χ1) is 32.3. The monoisotopic (exact) mass is 1050 g/mol. The van der Waals surface area contributed by atoms with Gasteiger partial charge < -0.3 is 18.9 Å². The Bertz CT molecular complexity index is 2750. The van der Waals surface area contributed by atoms with E-state index < -0.39 is 54.8 Å². The minimum Gasteiger partial charge on any atom is -0.350 e. The maximum Gasteiger partial charge on any atom is 0.298 e. The lowest BCUT2D eigenvalue weighted by Crippen LogP contribution is -2.57. The summed E-state index contributed by atoms with van der Waals surface area (Å²) in [5, 5.41) is 10.4. The first-order valence-corrected chi connectivity index (χ1v) is 26.0. The second-order valence-corrected chi connectivity index (χ2v) is 22.6. The van der Waals surface area contributed by atoms with Gasteiger partial charge >= 0.3 is 0 Å². The van der Waals surface area contributed by atoms with E-state index in [1.165, 1.54) is 71.1 Å². The minimum atomic E-state index is -4.83. The van der Waals surface area contributed by atoms with Gasteiger partial charge in [0.1, 0.15) is 46.3 Å². The Balaban J connectivity index is 1.23. The third-order valence-electron chi connectivity index (χ3n) is 13.1. The highest BCUT2D eigenvalue weighted by molar-refractivity contribution is 7.87. The molecule has 2 saturated heterocycles. The Morgan fingerprint density at radius 2 is 0.971 bits per heavy atom. The Hall–Kier alpha value is -3.76.